The number of fused-ring (bicyclic) bond motifs is 2. The molecule has 2 atom stereocenters. The van der Waals surface area contributed by atoms with Crippen LogP contribution in [0.15, 0.2) is 6.20 Å². The van der Waals surface area contributed by atoms with Gasteiger partial charge in [0.2, 0.25) is 0 Å². The second kappa shape index (κ2) is 7.15. The van der Waals surface area contributed by atoms with Crippen LogP contribution in [0.25, 0.3) is 0 Å². The molecule has 5 rings (SSSR count). The van der Waals surface area contributed by atoms with Crippen LogP contribution >= 0.6 is 0 Å². The van der Waals surface area contributed by atoms with Gasteiger partial charge in [0.05, 0.1) is 24.0 Å². The minimum atomic E-state index is -0.550. The summed E-state index contributed by atoms with van der Waals surface area (Å²) in [5, 5.41) is 10.4. The van der Waals surface area contributed by atoms with E-state index in [4.69, 9.17) is 0 Å². The number of halogens is 1. The van der Waals surface area contributed by atoms with E-state index < -0.39 is 11.4 Å². The number of carbonyl (C=O) groups is 1. The van der Waals surface area contributed by atoms with E-state index in [9.17, 15) is 9.18 Å². The fraction of sp³-hybridized carbons (Fsp3) is 0.619. The van der Waals surface area contributed by atoms with Crippen molar-refractivity contribution in [3.05, 3.63) is 29.1 Å². The molecule has 0 bridgehead atoms. The number of aromatic amines is 1. The molecule has 3 aliphatic heterocycles. The molecule has 2 saturated heterocycles. The monoisotopic (exact) mass is 428 g/mol. The zero-order valence-electron chi connectivity index (χ0n) is 18.4. The predicted molar refractivity (Wildman–Crippen MR) is 113 cm³/mol. The Morgan fingerprint density at radius 3 is 2.94 bits per heavy atom. The highest BCUT2D eigenvalue weighted by atomic mass is 19.1. The number of carbonyl (C=O) groups excluding carboxylic acids is 1. The molecule has 10 heteroatoms. The van der Waals surface area contributed by atoms with E-state index in [2.05, 4.69) is 37.3 Å². The van der Waals surface area contributed by atoms with Crippen molar-refractivity contribution in [1.29, 1.82) is 0 Å². The Hall–Kier alpha value is -2.75. The number of rotatable bonds is 2. The second-order valence-corrected chi connectivity index (χ2v) is 9.38. The van der Waals surface area contributed by atoms with E-state index in [0.29, 0.717) is 24.2 Å². The van der Waals surface area contributed by atoms with Crippen LogP contribution in [0, 0.1) is 12.7 Å². The summed E-state index contributed by atoms with van der Waals surface area (Å²) in [6, 6.07) is 0.681. The van der Waals surface area contributed by atoms with Crippen LogP contribution in [-0.2, 0) is 12.1 Å². The van der Waals surface area contributed by atoms with Crippen LogP contribution in [0.4, 0.5) is 20.8 Å². The number of anilines is 2. The molecule has 166 valence electrons. The van der Waals surface area contributed by atoms with E-state index >= 15 is 0 Å². The van der Waals surface area contributed by atoms with Crippen molar-refractivity contribution in [1.82, 2.24) is 34.9 Å². The zero-order chi connectivity index (χ0) is 21.9. The number of nitrogens with zero attached hydrogens (tertiary/aromatic N) is 6. The van der Waals surface area contributed by atoms with Crippen LogP contribution in [-0.4, -0.2) is 72.6 Å². The Morgan fingerprint density at radius 2 is 2.13 bits per heavy atom. The first-order chi connectivity index (χ1) is 14.8. The summed E-state index contributed by atoms with van der Waals surface area (Å²) >= 11 is 0. The molecule has 2 aromatic heterocycles. The van der Waals surface area contributed by atoms with Crippen LogP contribution in [0.5, 0.6) is 0 Å². The Bertz CT molecular complexity index is 1020. The molecule has 9 nitrogen and oxygen atoms in total. The number of piperazine rings is 1. The Morgan fingerprint density at radius 1 is 1.32 bits per heavy atom. The molecule has 0 saturated carbocycles. The lowest BCUT2D eigenvalue weighted by atomic mass is 10.0. The molecule has 0 radical (unpaired) electrons. The van der Waals surface area contributed by atoms with Gasteiger partial charge in [0.1, 0.15) is 5.82 Å². The van der Waals surface area contributed by atoms with Crippen LogP contribution < -0.4 is 5.32 Å². The third-order valence-corrected chi connectivity index (χ3v) is 6.99. The lowest BCUT2D eigenvalue weighted by molar-refractivity contribution is 0.0454. The van der Waals surface area contributed by atoms with Crippen molar-refractivity contribution in [2.24, 2.45) is 0 Å². The first-order valence-corrected chi connectivity index (χ1v) is 10.9. The molecule has 0 spiro atoms. The standard InChI is InChI=1S/C21H29FN8O/c1-12-9-28-7-5-6-14(28)10-29(12)20(31)30-11-15-17(21(30,3)4)26-27-18(15)25-19-16(22)8-23-13(2)24-19/h8,12,14H,5-7,9-11H2,1-4H3,(H2,23,24,25,26,27)/t12-,14-/m0/s1. The van der Waals surface area contributed by atoms with E-state index in [1.165, 1.54) is 6.42 Å². The predicted octanol–water partition coefficient (Wildman–Crippen LogP) is 2.73. The molecular formula is C21H29FN8O. The minimum absolute atomic E-state index is 0.0451. The number of aromatic nitrogens is 4. The average molecular weight is 429 g/mol. The number of H-pyrrole nitrogens is 1. The number of hydrogen-bond donors (Lipinski definition) is 2. The largest absolute Gasteiger partial charge is 0.321 e. The van der Waals surface area contributed by atoms with Crippen molar-refractivity contribution >= 4 is 17.7 Å². The van der Waals surface area contributed by atoms with Gasteiger partial charge >= 0.3 is 6.03 Å². The summed E-state index contributed by atoms with van der Waals surface area (Å²) in [6.07, 6.45) is 3.50. The molecule has 5 heterocycles. The maximum absolute atomic E-state index is 14.2. The molecule has 0 aliphatic carbocycles. The summed E-state index contributed by atoms with van der Waals surface area (Å²) in [5.74, 6) is 0.489. The Kier molecular flexibility index (Phi) is 4.65. The van der Waals surface area contributed by atoms with Crippen LogP contribution in [0.3, 0.4) is 0 Å². The smallest absolute Gasteiger partial charge is 0.321 e. The minimum Gasteiger partial charge on any atom is -0.321 e. The number of amides is 2. The third kappa shape index (κ3) is 3.24. The molecular weight excluding hydrogens is 399 g/mol. The quantitative estimate of drug-likeness (QED) is 0.764. The van der Waals surface area contributed by atoms with Gasteiger partial charge < -0.3 is 15.1 Å². The van der Waals surface area contributed by atoms with Gasteiger partial charge in [-0.15, -0.1) is 0 Å². The van der Waals surface area contributed by atoms with Gasteiger partial charge in [0.15, 0.2) is 17.5 Å². The number of hydrogen-bond acceptors (Lipinski definition) is 6. The molecule has 0 unspecified atom stereocenters. The number of nitrogens with one attached hydrogen (secondary N) is 2. The number of urea groups is 1. The summed E-state index contributed by atoms with van der Waals surface area (Å²) in [7, 11) is 0. The van der Waals surface area contributed by atoms with Crippen molar-refractivity contribution in [3.8, 4) is 0 Å². The summed E-state index contributed by atoms with van der Waals surface area (Å²) in [4.78, 5) is 28.1. The van der Waals surface area contributed by atoms with Gasteiger partial charge in [-0.2, -0.15) is 5.10 Å². The maximum Gasteiger partial charge on any atom is 0.321 e. The third-order valence-electron chi connectivity index (χ3n) is 6.99. The van der Waals surface area contributed by atoms with Gasteiger partial charge in [-0.1, -0.05) is 0 Å². The van der Waals surface area contributed by atoms with Gasteiger partial charge in [-0.05, 0) is 47.1 Å². The highest BCUT2D eigenvalue weighted by Crippen LogP contribution is 2.42. The SMILES string of the molecule is Cc1ncc(F)c(Nc2n[nH]c3c2CN(C(=O)N2C[C@@H]4CCCN4C[C@@H]2C)C3(C)C)n1. The molecule has 2 amide bonds. The maximum atomic E-state index is 14.2. The average Bonchev–Trinajstić information content (AvgIpc) is 3.40. The lowest BCUT2D eigenvalue weighted by Gasteiger charge is -2.45. The van der Waals surface area contributed by atoms with Crippen LogP contribution in [0.2, 0.25) is 0 Å². The Balaban J connectivity index is 1.39. The normalized spacial score (nSPS) is 24.9. The molecule has 3 aliphatic rings. The fourth-order valence-corrected chi connectivity index (χ4v) is 5.19. The molecule has 2 aromatic rings. The summed E-state index contributed by atoms with van der Waals surface area (Å²) in [6.45, 7) is 11.1. The highest BCUT2D eigenvalue weighted by molar-refractivity contribution is 5.78. The van der Waals surface area contributed by atoms with Crippen molar-refractivity contribution in [2.45, 2.75) is 64.7 Å². The van der Waals surface area contributed by atoms with Crippen molar-refractivity contribution < 1.29 is 9.18 Å². The molecule has 2 N–H and O–H groups in total. The molecule has 31 heavy (non-hydrogen) atoms. The van der Waals surface area contributed by atoms with Gasteiger partial charge in [0, 0.05) is 30.7 Å². The number of aryl methyl sites for hydroxylation is 1. The molecule has 2 fully saturated rings. The summed E-state index contributed by atoms with van der Waals surface area (Å²) in [5.41, 5.74) is 1.18. The van der Waals surface area contributed by atoms with E-state index in [0.717, 1.165) is 43.5 Å². The van der Waals surface area contributed by atoms with E-state index in [-0.39, 0.29) is 17.9 Å². The molecule has 0 aromatic carbocycles. The van der Waals surface area contributed by atoms with Gasteiger partial charge in [-0.3, -0.25) is 10.00 Å². The summed E-state index contributed by atoms with van der Waals surface area (Å²) < 4.78 is 14.2. The van der Waals surface area contributed by atoms with Crippen molar-refractivity contribution in [2.75, 3.05) is 25.0 Å². The highest BCUT2D eigenvalue weighted by Gasteiger charge is 2.47. The Labute approximate surface area is 181 Å². The first kappa shape index (κ1) is 20.2. The zero-order valence-corrected chi connectivity index (χ0v) is 18.4. The van der Waals surface area contributed by atoms with Crippen LogP contribution in [0.1, 0.15) is 50.7 Å². The van der Waals surface area contributed by atoms with Crippen molar-refractivity contribution in [3.63, 3.8) is 0 Å². The van der Waals surface area contributed by atoms with E-state index in [1.54, 1.807) is 6.92 Å². The lowest BCUT2D eigenvalue weighted by Crippen LogP contribution is -2.60. The first-order valence-electron chi connectivity index (χ1n) is 10.9. The second-order valence-electron chi connectivity index (χ2n) is 9.38. The fourth-order valence-electron chi connectivity index (χ4n) is 5.19. The van der Waals surface area contributed by atoms with Gasteiger partial charge in [0.25, 0.3) is 0 Å². The van der Waals surface area contributed by atoms with Gasteiger partial charge in [-0.25, -0.2) is 19.2 Å². The topological polar surface area (TPSA) is 93.3 Å². The van der Waals surface area contributed by atoms with E-state index in [1.807, 2.05) is 23.6 Å².